The molecule has 1 aliphatic heterocycles. The molecule has 5 heteroatoms. The van der Waals surface area contributed by atoms with Gasteiger partial charge < -0.3 is 5.11 Å². The molecule has 0 bridgehead atoms. The van der Waals surface area contributed by atoms with Crippen LogP contribution >= 0.6 is 0 Å². The summed E-state index contributed by atoms with van der Waals surface area (Å²) in [7, 11) is 0. The van der Waals surface area contributed by atoms with E-state index in [0.29, 0.717) is 13.1 Å². The molecule has 0 spiro atoms. The average Bonchev–Trinajstić information content (AvgIpc) is 2.38. The number of hydrogen-bond acceptors (Lipinski definition) is 2. The monoisotopic (exact) mass is 273 g/mol. The van der Waals surface area contributed by atoms with E-state index in [2.05, 4.69) is 4.90 Å². The topological polar surface area (TPSA) is 23.5 Å². The van der Waals surface area contributed by atoms with Gasteiger partial charge in [-0.05, 0) is 50.6 Å². The number of benzene rings is 1. The molecule has 106 valence electrons. The highest BCUT2D eigenvalue weighted by atomic mass is 19.4. The Bertz CT molecular complexity index is 408. The summed E-state index contributed by atoms with van der Waals surface area (Å²) in [5, 5.41) is 9.23. The van der Waals surface area contributed by atoms with E-state index in [4.69, 9.17) is 0 Å². The Morgan fingerprint density at radius 2 is 1.68 bits per heavy atom. The molecule has 1 saturated heterocycles. The number of hydrogen-bond donors (Lipinski definition) is 1. The summed E-state index contributed by atoms with van der Waals surface area (Å²) in [6, 6.07) is 6.92. The summed E-state index contributed by atoms with van der Waals surface area (Å²) >= 11 is 0. The van der Waals surface area contributed by atoms with Gasteiger partial charge in [-0.3, -0.25) is 4.90 Å². The first-order chi connectivity index (χ1) is 8.88. The highest BCUT2D eigenvalue weighted by molar-refractivity contribution is 5.27. The predicted molar refractivity (Wildman–Crippen MR) is 66.9 cm³/mol. The van der Waals surface area contributed by atoms with Crippen LogP contribution in [-0.2, 0) is 0 Å². The van der Waals surface area contributed by atoms with Gasteiger partial charge in [0.05, 0.1) is 5.92 Å². The lowest BCUT2D eigenvalue weighted by atomic mass is 9.94. The quantitative estimate of drug-likeness (QED) is 0.887. The number of likely N-dealkylation sites (tertiary alicyclic amines) is 1. The van der Waals surface area contributed by atoms with E-state index in [1.807, 2.05) is 19.1 Å². The maximum atomic E-state index is 12.6. The van der Waals surface area contributed by atoms with Crippen molar-refractivity contribution in [2.45, 2.75) is 32.0 Å². The molecule has 0 aromatic heterocycles. The van der Waals surface area contributed by atoms with Crippen LogP contribution in [0.4, 0.5) is 13.2 Å². The number of alkyl halides is 3. The van der Waals surface area contributed by atoms with E-state index in [0.717, 1.165) is 5.56 Å². The molecule has 1 atom stereocenters. The number of phenols is 1. The molecule has 1 heterocycles. The van der Waals surface area contributed by atoms with E-state index < -0.39 is 12.1 Å². The molecule has 2 nitrogen and oxygen atoms in total. The van der Waals surface area contributed by atoms with Crippen molar-refractivity contribution in [2.75, 3.05) is 13.1 Å². The van der Waals surface area contributed by atoms with Gasteiger partial charge in [-0.25, -0.2) is 0 Å². The third-order valence-electron chi connectivity index (χ3n) is 3.92. The minimum Gasteiger partial charge on any atom is -0.508 e. The normalized spacial score (nSPS) is 20.4. The highest BCUT2D eigenvalue weighted by Gasteiger charge is 2.41. The lowest BCUT2D eigenvalue weighted by molar-refractivity contribution is -0.186. The third-order valence-corrected chi connectivity index (χ3v) is 3.92. The Morgan fingerprint density at radius 3 is 2.16 bits per heavy atom. The molecule has 1 unspecified atom stereocenters. The lowest BCUT2D eigenvalue weighted by Crippen LogP contribution is -2.40. The first-order valence-electron chi connectivity index (χ1n) is 6.47. The third kappa shape index (κ3) is 3.41. The molecule has 0 amide bonds. The number of aromatic hydroxyl groups is 1. The van der Waals surface area contributed by atoms with Gasteiger partial charge in [0, 0.05) is 6.04 Å². The second-order valence-electron chi connectivity index (χ2n) is 5.12. The molecule has 1 aromatic rings. The Balaban J connectivity index is 1.96. The highest BCUT2D eigenvalue weighted by Crippen LogP contribution is 2.36. The number of piperidine rings is 1. The molecular formula is C14H18F3NO. The van der Waals surface area contributed by atoms with Gasteiger partial charge in [0.2, 0.25) is 0 Å². The van der Waals surface area contributed by atoms with Crippen molar-refractivity contribution in [1.82, 2.24) is 4.90 Å². The fourth-order valence-corrected chi connectivity index (χ4v) is 2.58. The van der Waals surface area contributed by atoms with Crippen molar-refractivity contribution in [3.8, 4) is 5.75 Å². The van der Waals surface area contributed by atoms with Crippen molar-refractivity contribution in [3.05, 3.63) is 29.8 Å². The molecule has 1 aliphatic rings. The zero-order chi connectivity index (χ0) is 14.0. The second-order valence-corrected chi connectivity index (χ2v) is 5.12. The van der Waals surface area contributed by atoms with Crippen molar-refractivity contribution in [1.29, 1.82) is 0 Å². The van der Waals surface area contributed by atoms with Crippen molar-refractivity contribution < 1.29 is 18.3 Å². The maximum Gasteiger partial charge on any atom is 0.391 e. The van der Waals surface area contributed by atoms with Gasteiger partial charge in [-0.15, -0.1) is 0 Å². The average molecular weight is 273 g/mol. The van der Waals surface area contributed by atoms with Crippen LogP contribution < -0.4 is 0 Å². The number of rotatable bonds is 2. The molecule has 0 saturated carbocycles. The summed E-state index contributed by atoms with van der Waals surface area (Å²) in [6.45, 7) is 2.92. The zero-order valence-electron chi connectivity index (χ0n) is 10.8. The molecule has 19 heavy (non-hydrogen) atoms. The number of phenolic OH excluding ortho intramolecular Hbond substituents is 1. The number of nitrogens with zero attached hydrogens (tertiary/aromatic N) is 1. The zero-order valence-corrected chi connectivity index (χ0v) is 10.8. The summed E-state index contributed by atoms with van der Waals surface area (Å²) in [5.41, 5.74) is 1.02. The van der Waals surface area contributed by atoms with E-state index in [1.54, 1.807) is 12.1 Å². The smallest absolute Gasteiger partial charge is 0.391 e. The SMILES string of the molecule is CC(c1ccc(O)cc1)N1CCC(C(F)(F)F)CC1. The molecule has 1 aromatic carbocycles. The van der Waals surface area contributed by atoms with Crippen LogP contribution in [-0.4, -0.2) is 29.3 Å². The van der Waals surface area contributed by atoms with Gasteiger partial charge in [-0.2, -0.15) is 13.2 Å². The van der Waals surface area contributed by atoms with Gasteiger partial charge in [-0.1, -0.05) is 12.1 Å². The van der Waals surface area contributed by atoms with Gasteiger partial charge in [0.25, 0.3) is 0 Å². The van der Waals surface area contributed by atoms with Crippen molar-refractivity contribution in [2.24, 2.45) is 5.92 Å². The molecule has 0 radical (unpaired) electrons. The van der Waals surface area contributed by atoms with Crippen LogP contribution in [0.5, 0.6) is 5.75 Å². The molecule has 1 N–H and O–H groups in total. The minimum absolute atomic E-state index is 0.0785. The first kappa shape index (κ1) is 14.2. The van der Waals surface area contributed by atoms with Gasteiger partial charge in [0.15, 0.2) is 0 Å². The van der Waals surface area contributed by atoms with Crippen LogP contribution in [0.25, 0.3) is 0 Å². The van der Waals surface area contributed by atoms with E-state index in [1.165, 1.54) is 0 Å². The van der Waals surface area contributed by atoms with Crippen LogP contribution in [0.15, 0.2) is 24.3 Å². The maximum absolute atomic E-state index is 12.6. The van der Waals surface area contributed by atoms with E-state index in [9.17, 15) is 18.3 Å². The van der Waals surface area contributed by atoms with Crippen LogP contribution in [0.3, 0.4) is 0 Å². The van der Waals surface area contributed by atoms with Crippen LogP contribution in [0, 0.1) is 5.92 Å². The molecular weight excluding hydrogens is 255 g/mol. The minimum atomic E-state index is -4.06. The summed E-state index contributed by atoms with van der Waals surface area (Å²) in [4.78, 5) is 2.06. The Hall–Kier alpha value is -1.23. The predicted octanol–water partition coefficient (Wildman–Crippen LogP) is 3.73. The largest absolute Gasteiger partial charge is 0.508 e. The van der Waals surface area contributed by atoms with Crippen LogP contribution in [0.1, 0.15) is 31.4 Å². The second kappa shape index (κ2) is 5.41. The van der Waals surface area contributed by atoms with Crippen molar-refractivity contribution >= 4 is 0 Å². The van der Waals surface area contributed by atoms with Gasteiger partial charge >= 0.3 is 6.18 Å². The fraction of sp³-hybridized carbons (Fsp3) is 0.571. The standard InChI is InChI=1S/C14H18F3NO/c1-10(11-2-4-13(19)5-3-11)18-8-6-12(7-9-18)14(15,16)17/h2-5,10,12,19H,6-9H2,1H3. The molecule has 2 rings (SSSR count). The molecule has 1 fully saturated rings. The number of halogens is 3. The van der Waals surface area contributed by atoms with Crippen LogP contribution in [0.2, 0.25) is 0 Å². The Labute approximate surface area is 110 Å². The van der Waals surface area contributed by atoms with E-state index >= 15 is 0 Å². The lowest BCUT2D eigenvalue weighted by Gasteiger charge is -2.36. The van der Waals surface area contributed by atoms with E-state index in [-0.39, 0.29) is 24.6 Å². The van der Waals surface area contributed by atoms with Gasteiger partial charge in [0.1, 0.15) is 5.75 Å². The van der Waals surface area contributed by atoms with Crippen molar-refractivity contribution in [3.63, 3.8) is 0 Å². The summed E-state index contributed by atoms with van der Waals surface area (Å²) in [5.74, 6) is -0.956. The Morgan fingerprint density at radius 1 is 1.16 bits per heavy atom. The first-order valence-corrected chi connectivity index (χ1v) is 6.47. The Kier molecular flexibility index (Phi) is 4.04. The molecule has 0 aliphatic carbocycles. The fourth-order valence-electron chi connectivity index (χ4n) is 2.58. The summed E-state index contributed by atoms with van der Waals surface area (Å²) < 4.78 is 37.8. The summed E-state index contributed by atoms with van der Waals surface area (Å²) in [6.07, 6.45) is -3.72.